The van der Waals surface area contributed by atoms with Crippen molar-refractivity contribution in [1.29, 1.82) is 0 Å². The Balaban J connectivity index is 2.43. The van der Waals surface area contributed by atoms with Crippen LogP contribution in [0.25, 0.3) is 0 Å². The van der Waals surface area contributed by atoms with E-state index in [4.69, 9.17) is 4.74 Å². The Labute approximate surface area is 73.4 Å². The third-order valence-electron chi connectivity index (χ3n) is 2.73. The fourth-order valence-electron chi connectivity index (χ4n) is 1.91. The molecule has 1 nitrogen and oxygen atoms in total. The van der Waals surface area contributed by atoms with Gasteiger partial charge < -0.3 is 4.74 Å². The van der Waals surface area contributed by atoms with Crippen LogP contribution in [0, 0.1) is 0 Å². The van der Waals surface area contributed by atoms with Crippen molar-refractivity contribution in [2.45, 2.75) is 25.7 Å². The van der Waals surface area contributed by atoms with E-state index in [0.29, 0.717) is 0 Å². The van der Waals surface area contributed by atoms with Gasteiger partial charge in [-0.3, -0.25) is 0 Å². The predicted molar refractivity (Wildman–Crippen MR) is 49.7 cm³/mol. The summed E-state index contributed by atoms with van der Waals surface area (Å²) in [6.45, 7) is 2.28. The van der Waals surface area contributed by atoms with Crippen molar-refractivity contribution in [2.75, 3.05) is 7.11 Å². The van der Waals surface area contributed by atoms with Gasteiger partial charge in [0, 0.05) is 0 Å². The van der Waals surface area contributed by atoms with Crippen molar-refractivity contribution in [2.24, 2.45) is 0 Å². The standard InChI is InChI=1S/C11H14O/c1-8-3-4-9-5-6-10(12-2)7-11(8)9/h5-8H,3-4H2,1-2H3. The van der Waals surface area contributed by atoms with Crippen LogP contribution in [-0.4, -0.2) is 7.11 Å². The maximum absolute atomic E-state index is 5.19. The van der Waals surface area contributed by atoms with E-state index in [0.717, 1.165) is 11.7 Å². The molecule has 0 heterocycles. The first-order valence-electron chi connectivity index (χ1n) is 4.48. The molecule has 0 radical (unpaired) electrons. The van der Waals surface area contributed by atoms with E-state index in [9.17, 15) is 0 Å². The van der Waals surface area contributed by atoms with Crippen LogP contribution in [0.2, 0.25) is 0 Å². The molecular formula is C11H14O. The molecule has 1 unspecified atom stereocenters. The highest BCUT2D eigenvalue weighted by molar-refractivity contribution is 5.40. The maximum Gasteiger partial charge on any atom is 0.119 e. The molecular weight excluding hydrogens is 148 g/mol. The van der Waals surface area contributed by atoms with Gasteiger partial charge in [0.15, 0.2) is 0 Å². The van der Waals surface area contributed by atoms with Crippen LogP contribution in [0.15, 0.2) is 18.2 Å². The highest BCUT2D eigenvalue weighted by atomic mass is 16.5. The highest BCUT2D eigenvalue weighted by Gasteiger charge is 2.18. The first kappa shape index (κ1) is 7.66. The lowest BCUT2D eigenvalue weighted by molar-refractivity contribution is 0.414. The van der Waals surface area contributed by atoms with Gasteiger partial charge in [-0.25, -0.2) is 0 Å². The molecule has 0 fully saturated rings. The van der Waals surface area contributed by atoms with Crippen LogP contribution in [0.4, 0.5) is 0 Å². The van der Waals surface area contributed by atoms with Crippen molar-refractivity contribution in [3.8, 4) is 5.75 Å². The largest absolute Gasteiger partial charge is 0.497 e. The number of hydrogen-bond acceptors (Lipinski definition) is 1. The van der Waals surface area contributed by atoms with Gasteiger partial charge in [0.25, 0.3) is 0 Å². The molecule has 0 saturated heterocycles. The Kier molecular flexibility index (Phi) is 1.80. The van der Waals surface area contributed by atoms with E-state index in [1.54, 1.807) is 7.11 Å². The Morgan fingerprint density at radius 1 is 1.42 bits per heavy atom. The molecule has 0 saturated carbocycles. The molecule has 0 aromatic heterocycles. The first-order chi connectivity index (χ1) is 5.81. The zero-order chi connectivity index (χ0) is 8.55. The second kappa shape index (κ2) is 2.81. The summed E-state index contributed by atoms with van der Waals surface area (Å²) in [5.74, 6) is 1.71. The average molecular weight is 162 g/mol. The van der Waals surface area contributed by atoms with Crippen LogP contribution >= 0.6 is 0 Å². The maximum atomic E-state index is 5.19. The van der Waals surface area contributed by atoms with E-state index in [-0.39, 0.29) is 0 Å². The van der Waals surface area contributed by atoms with Gasteiger partial charge in [0.2, 0.25) is 0 Å². The quantitative estimate of drug-likeness (QED) is 0.617. The predicted octanol–water partition coefficient (Wildman–Crippen LogP) is 2.74. The average Bonchev–Trinajstić information content (AvgIpc) is 2.47. The lowest BCUT2D eigenvalue weighted by Gasteiger charge is -2.06. The zero-order valence-corrected chi connectivity index (χ0v) is 7.63. The van der Waals surface area contributed by atoms with Gasteiger partial charge in [-0.1, -0.05) is 13.0 Å². The minimum Gasteiger partial charge on any atom is -0.497 e. The molecule has 64 valence electrons. The molecule has 0 amide bonds. The normalized spacial score (nSPS) is 20.7. The number of ether oxygens (including phenoxy) is 1. The van der Waals surface area contributed by atoms with Gasteiger partial charge in [0.1, 0.15) is 5.75 Å². The zero-order valence-electron chi connectivity index (χ0n) is 7.63. The molecule has 1 aromatic rings. The summed E-state index contributed by atoms with van der Waals surface area (Å²) in [6.07, 6.45) is 2.53. The summed E-state index contributed by atoms with van der Waals surface area (Å²) in [7, 11) is 1.72. The molecule has 12 heavy (non-hydrogen) atoms. The third-order valence-corrected chi connectivity index (χ3v) is 2.73. The second-order valence-corrected chi connectivity index (χ2v) is 3.50. The van der Waals surface area contributed by atoms with Gasteiger partial charge in [-0.15, -0.1) is 0 Å². The van der Waals surface area contributed by atoms with E-state index >= 15 is 0 Å². The third kappa shape index (κ3) is 1.09. The summed E-state index contributed by atoms with van der Waals surface area (Å²) < 4.78 is 5.19. The smallest absolute Gasteiger partial charge is 0.119 e. The van der Waals surface area contributed by atoms with E-state index in [1.165, 1.54) is 24.0 Å². The highest BCUT2D eigenvalue weighted by Crippen LogP contribution is 2.34. The molecule has 1 aliphatic rings. The fourth-order valence-corrected chi connectivity index (χ4v) is 1.91. The first-order valence-corrected chi connectivity index (χ1v) is 4.48. The summed E-state index contributed by atoms with van der Waals surface area (Å²) in [4.78, 5) is 0. The number of methoxy groups -OCH3 is 1. The van der Waals surface area contributed by atoms with Gasteiger partial charge in [-0.05, 0) is 42.0 Å². The van der Waals surface area contributed by atoms with Crippen LogP contribution in [0.3, 0.4) is 0 Å². The Hall–Kier alpha value is -0.980. The summed E-state index contributed by atoms with van der Waals surface area (Å²) in [5, 5.41) is 0. The number of hydrogen-bond donors (Lipinski definition) is 0. The molecule has 1 heteroatoms. The van der Waals surface area contributed by atoms with Crippen molar-refractivity contribution >= 4 is 0 Å². The van der Waals surface area contributed by atoms with Crippen LogP contribution in [0.1, 0.15) is 30.4 Å². The van der Waals surface area contributed by atoms with E-state index in [2.05, 4.69) is 25.1 Å². The monoisotopic (exact) mass is 162 g/mol. The van der Waals surface area contributed by atoms with Crippen molar-refractivity contribution in [3.63, 3.8) is 0 Å². The lowest BCUT2D eigenvalue weighted by Crippen LogP contribution is -1.89. The van der Waals surface area contributed by atoms with Crippen LogP contribution < -0.4 is 4.74 Å². The second-order valence-electron chi connectivity index (χ2n) is 3.50. The molecule has 1 atom stereocenters. The van der Waals surface area contributed by atoms with Crippen molar-refractivity contribution < 1.29 is 4.74 Å². The van der Waals surface area contributed by atoms with Gasteiger partial charge in [-0.2, -0.15) is 0 Å². The minimum absolute atomic E-state index is 0.718. The van der Waals surface area contributed by atoms with Crippen molar-refractivity contribution in [3.05, 3.63) is 29.3 Å². The van der Waals surface area contributed by atoms with Crippen LogP contribution in [-0.2, 0) is 6.42 Å². The number of benzene rings is 1. The lowest BCUT2D eigenvalue weighted by atomic mass is 10.0. The fraction of sp³-hybridized carbons (Fsp3) is 0.455. The molecule has 0 N–H and O–H groups in total. The Bertz CT molecular complexity index is 291. The molecule has 2 rings (SSSR count). The number of fused-ring (bicyclic) bond motifs is 1. The number of rotatable bonds is 1. The van der Waals surface area contributed by atoms with Gasteiger partial charge in [0.05, 0.1) is 7.11 Å². The number of aryl methyl sites for hydroxylation is 1. The molecule has 0 bridgehead atoms. The minimum atomic E-state index is 0.718. The van der Waals surface area contributed by atoms with E-state index < -0.39 is 0 Å². The van der Waals surface area contributed by atoms with Crippen molar-refractivity contribution in [1.82, 2.24) is 0 Å². The summed E-state index contributed by atoms with van der Waals surface area (Å²) >= 11 is 0. The Morgan fingerprint density at radius 2 is 2.25 bits per heavy atom. The molecule has 1 aromatic carbocycles. The topological polar surface area (TPSA) is 9.23 Å². The summed E-state index contributed by atoms with van der Waals surface area (Å²) in [6, 6.07) is 6.42. The summed E-state index contributed by atoms with van der Waals surface area (Å²) in [5.41, 5.74) is 2.98. The Morgan fingerprint density at radius 3 is 3.00 bits per heavy atom. The SMILES string of the molecule is COc1ccc2c(c1)C(C)CC2. The molecule has 0 spiro atoms. The van der Waals surface area contributed by atoms with E-state index in [1.807, 2.05) is 0 Å². The van der Waals surface area contributed by atoms with Crippen LogP contribution in [0.5, 0.6) is 5.75 Å². The van der Waals surface area contributed by atoms with Gasteiger partial charge >= 0.3 is 0 Å². The molecule has 0 aliphatic heterocycles. The molecule has 1 aliphatic carbocycles.